The van der Waals surface area contributed by atoms with Crippen molar-refractivity contribution in [3.05, 3.63) is 90.5 Å². The van der Waals surface area contributed by atoms with Crippen molar-refractivity contribution in [3.8, 4) is 0 Å². The average molecular weight is 378 g/mol. The second-order valence-electron chi connectivity index (χ2n) is 7.90. The fourth-order valence-electron chi connectivity index (χ4n) is 3.45. The molecule has 0 saturated heterocycles. The zero-order chi connectivity index (χ0) is 19.5. The SMILES string of the molecule is CC(C)(C)OC(=O)c1ccccc1[PH](C)(c1ccccc1)c1ccccc1. The molecule has 0 amide bonds. The summed E-state index contributed by atoms with van der Waals surface area (Å²) in [6, 6.07) is 28.9. The number of ether oxygens (including phenoxy) is 1. The van der Waals surface area contributed by atoms with Crippen LogP contribution in [-0.4, -0.2) is 18.2 Å². The van der Waals surface area contributed by atoms with E-state index in [2.05, 4.69) is 61.3 Å². The summed E-state index contributed by atoms with van der Waals surface area (Å²) in [4.78, 5) is 13.0. The molecule has 0 spiro atoms. The number of carbonyl (C=O) groups is 1. The molecule has 0 heterocycles. The van der Waals surface area contributed by atoms with E-state index in [4.69, 9.17) is 4.74 Å². The number of benzene rings is 3. The number of esters is 1. The van der Waals surface area contributed by atoms with Gasteiger partial charge in [-0.25, -0.2) is 0 Å². The number of hydrogen-bond acceptors (Lipinski definition) is 2. The van der Waals surface area contributed by atoms with Crippen LogP contribution >= 0.6 is 7.26 Å². The maximum absolute atomic E-state index is 13.0. The first kappa shape index (κ1) is 19.3. The zero-order valence-electron chi connectivity index (χ0n) is 16.4. The summed E-state index contributed by atoms with van der Waals surface area (Å²) in [6.07, 6.45) is 0. The second-order valence-corrected chi connectivity index (χ2v) is 11.8. The zero-order valence-corrected chi connectivity index (χ0v) is 17.4. The van der Waals surface area contributed by atoms with Crippen molar-refractivity contribution in [1.29, 1.82) is 0 Å². The Bertz CT molecular complexity index is 872. The van der Waals surface area contributed by atoms with E-state index in [1.54, 1.807) is 0 Å². The monoisotopic (exact) mass is 378 g/mol. The van der Waals surface area contributed by atoms with Gasteiger partial charge in [-0.1, -0.05) is 0 Å². The standard InChI is InChI=1S/C24H27O2P/c1-24(2,3)26-23(25)21-17-11-12-18-22(21)27(4,19-13-7-5-8-14-19)20-15-9-6-10-16-20/h5-18,27H,1-4H3. The Hall–Kier alpha value is -2.44. The van der Waals surface area contributed by atoms with Gasteiger partial charge in [-0.05, 0) is 0 Å². The third kappa shape index (κ3) is 4.12. The van der Waals surface area contributed by atoms with Crippen LogP contribution in [0.15, 0.2) is 84.9 Å². The quantitative estimate of drug-likeness (QED) is 0.500. The van der Waals surface area contributed by atoms with Crippen molar-refractivity contribution >= 4 is 29.1 Å². The Labute approximate surface area is 162 Å². The maximum atomic E-state index is 13.0. The van der Waals surface area contributed by atoms with E-state index in [0.717, 1.165) is 5.30 Å². The molecule has 3 aromatic carbocycles. The third-order valence-corrected chi connectivity index (χ3v) is 9.28. The molecule has 0 radical (unpaired) electrons. The summed E-state index contributed by atoms with van der Waals surface area (Å²) < 4.78 is 5.71. The summed E-state index contributed by atoms with van der Waals surface area (Å²) in [5, 5.41) is 3.62. The predicted octanol–water partition coefficient (Wildman–Crippen LogP) is 4.30. The van der Waals surface area contributed by atoms with Gasteiger partial charge < -0.3 is 0 Å². The molecule has 0 unspecified atom stereocenters. The molecule has 140 valence electrons. The topological polar surface area (TPSA) is 26.3 Å². The molecule has 3 heteroatoms. The minimum absolute atomic E-state index is 0.260. The second kappa shape index (κ2) is 7.66. The van der Waals surface area contributed by atoms with Crippen molar-refractivity contribution < 1.29 is 9.53 Å². The Kier molecular flexibility index (Phi) is 5.48. The van der Waals surface area contributed by atoms with Crippen LogP contribution in [0.2, 0.25) is 0 Å². The van der Waals surface area contributed by atoms with Gasteiger partial charge in [0.25, 0.3) is 0 Å². The molecule has 0 aromatic heterocycles. The van der Waals surface area contributed by atoms with Crippen molar-refractivity contribution in [2.24, 2.45) is 0 Å². The van der Waals surface area contributed by atoms with E-state index in [0.29, 0.717) is 5.56 Å². The van der Waals surface area contributed by atoms with Gasteiger partial charge in [0.1, 0.15) is 0 Å². The normalized spacial score (nSPS) is 12.4. The van der Waals surface area contributed by atoms with E-state index in [-0.39, 0.29) is 5.97 Å². The van der Waals surface area contributed by atoms with Crippen LogP contribution in [0.3, 0.4) is 0 Å². The fraction of sp³-hybridized carbons (Fsp3) is 0.208. The Morgan fingerprint density at radius 1 is 0.741 bits per heavy atom. The first-order valence-electron chi connectivity index (χ1n) is 9.26. The number of carbonyl (C=O) groups excluding carboxylic acids is 1. The molecule has 0 atom stereocenters. The molecule has 0 saturated carbocycles. The van der Waals surface area contributed by atoms with Crippen molar-refractivity contribution in [1.82, 2.24) is 0 Å². The molecule has 0 aliphatic heterocycles. The molecular formula is C24H27O2P. The van der Waals surface area contributed by atoms with Gasteiger partial charge in [-0.3, -0.25) is 0 Å². The average Bonchev–Trinajstić information content (AvgIpc) is 2.67. The molecule has 2 nitrogen and oxygen atoms in total. The van der Waals surface area contributed by atoms with Gasteiger partial charge in [-0.2, -0.15) is 0 Å². The van der Waals surface area contributed by atoms with Gasteiger partial charge in [-0.15, -0.1) is 0 Å². The summed E-state index contributed by atoms with van der Waals surface area (Å²) in [6.45, 7) is 8.01. The summed E-state index contributed by atoms with van der Waals surface area (Å²) in [7, 11) is -2.36. The van der Waals surface area contributed by atoms with Gasteiger partial charge in [0.05, 0.1) is 0 Å². The molecule has 3 rings (SSSR count). The van der Waals surface area contributed by atoms with E-state index in [1.807, 2.05) is 51.1 Å². The van der Waals surface area contributed by atoms with Crippen molar-refractivity contribution in [2.45, 2.75) is 26.4 Å². The Morgan fingerprint density at radius 2 is 1.19 bits per heavy atom. The van der Waals surface area contributed by atoms with Crippen molar-refractivity contribution in [2.75, 3.05) is 6.66 Å². The van der Waals surface area contributed by atoms with E-state index >= 15 is 0 Å². The molecular weight excluding hydrogens is 351 g/mol. The van der Waals surface area contributed by atoms with Gasteiger partial charge in [0, 0.05) is 0 Å². The van der Waals surface area contributed by atoms with Crippen LogP contribution in [0.5, 0.6) is 0 Å². The third-order valence-electron chi connectivity index (χ3n) is 4.79. The van der Waals surface area contributed by atoms with E-state index in [9.17, 15) is 4.79 Å². The van der Waals surface area contributed by atoms with E-state index < -0.39 is 12.9 Å². The molecule has 0 N–H and O–H groups in total. The summed E-state index contributed by atoms with van der Waals surface area (Å²) >= 11 is 0. The molecule has 27 heavy (non-hydrogen) atoms. The molecule has 3 aromatic rings. The molecule has 0 aliphatic carbocycles. The predicted molar refractivity (Wildman–Crippen MR) is 118 cm³/mol. The molecule has 0 bridgehead atoms. The van der Waals surface area contributed by atoms with Gasteiger partial charge in [0.2, 0.25) is 0 Å². The summed E-state index contributed by atoms with van der Waals surface area (Å²) in [5.74, 6) is -0.260. The van der Waals surface area contributed by atoms with Crippen LogP contribution < -0.4 is 15.9 Å². The van der Waals surface area contributed by atoms with Gasteiger partial charge in [0.15, 0.2) is 0 Å². The molecule has 0 fully saturated rings. The Morgan fingerprint density at radius 3 is 1.67 bits per heavy atom. The van der Waals surface area contributed by atoms with Crippen LogP contribution in [0, 0.1) is 0 Å². The fourth-order valence-corrected chi connectivity index (χ4v) is 7.28. The summed E-state index contributed by atoms with van der Waals surface area (Å²) in [5.41, 5.74) is 0.135. The van der Waals surface area contributed by atoms with Crippen molar-refractivity contribution in [3.63, 3.8) is 0 Å². The van der Waals surface area contributed by atoms with Crippen LogP contribution in [0.4, 0.5) is 0 Å². The first-order chi connectivity index (χ1) is 12.8. The molecule has 0 aliphatic rings. The van der Waals surface area contributed by atoms with Crippen LogP contribution in [0.25, 0.3) is 0 Å². The minimum atomic E-state index is -2.36. The Balaban J connectivity index is 2.22. The van der Waals surface area contributed by atoms with Crippen LogP contribution in [0.1, 0.15) is 31.1 Å². The van der Waals surface area contributed by atoms with Gasteiger partial charge >= 0.3 is 162 Å². The number of hydrogen-bond donors (Lipinski definition) is 0. The first-order valence-corrected chi connectivity index (χ1v) is 11.8. The van der Waals surface area contributed by atoms with Crippen LogP contribution in [-0.2, 0) is 4.74 Å². The number of rotatable bonds is 4. The van der Waals surface area contributed by atoms with E-state index in [1.165, 1.54) is 10.6 Å².